The normalized spacial score (nSPS) is 18.1. The van der Waals surface area contributed by atoms with Crippen LogP contribution in [0.2, 0.25) is 0 Å². The van der Waals surface area contributed by atoms with Gasteiger partial charge in [0.15, 0.2) is 0 Å². The zero-order valence-corrected chi connectivity index (χ0v) is 11.7. The highest BCUT2D eigenvalue weighted by molar-refractivity contribution is 5.43. The van der Waals surface area contributed by atoms with Crippen LogP contribution in [0.25, 0.3) is 0 Å². The Bertz CT molecular complexity index is 582. The molecule has 0 aromatic heterocycles. The van der Waals surface area contributed by atoms with Gasteiger partial charge in [-0.2, -0.15) is 0 Å². The van der Waals surface area contributed by atoms with Gasteiger partial charge in [-0.25, -0.2) is 0 Å². The summed E-state index contributed by atoms with van der Waals surface area (Å²) >= 11 is 0. The number of benzene rings is 2. The second kappa shape index (κ2) is 4.50. The van der Waals surface area contributed by atoms with Crippen molar-refractivity contribution in [3.8, 4) is 0 Å². The quantitative estimate of drug-likeness (QED) is 0.875. The minimum absolute atomic E-state index is 0.106. The molecular weight excluding hydrogens is 230 g/mol. The van der Waals surface area contributed by atoms with Gasteiger partial charge < -0.3 is 5.73 Å². The molecule has 1 aliphatic carbocycles. The van der Waals surface area contributed by atoms with Gasteiger partial charge in [-0.1, -0.05) is 48.5 Å². The molecule has 1 heteroatoms. The Labute approximate surface area is 115 Å². The maximum Gasteiger partial charge on any atom is 0.0395 e. The largest absolute Gasteiger partial charge is 0.323 e. The summed E-state index contributed by atoms with van der Waals surface area (Å²) in [7, 11) is 0. The number of hydrogen-bond acceptors (Lipinski definition) is 1. The first kappa shape index (κ1) is 12.4. The first-order valence-electron chi connectivity index (χ1n) is 7.02. The minimum atomic E-state index is 0.106. The van der Waals surface area contributed by atoms with Gasteiger partial charge in [0.1, 0.15) is 0 Å². The molecule has 0 saturated heterocycles. The summed E-state index contributed by atoms with van der Waals surface area (Å²) in [5.41, 5.74) is 12.2. The van der Waals surface area contributed by atoms with Gasteiger partial charge in [-0.3, -0.25) is 0 Å². The van der Waals surface area contributed by atoms with Gasteiger partial charge in [0.05, 0.1) is 0 Å². The number of aryl methyl sites for hydroxylation is 1. The van der Waals surface area contributed by atoms with Crippen LogP contribution in [0.4, 0.5) is 0 Å². The second-order valence-corrected chi connectivity index (χ2v) is 5.79. The fourth-order valence-corrected chi connectivity index (χ4v) is 3.09. The molecule has 2 aromatic carbocycles. The number of hydrogen-bond donors (Lipinski definition) is 1. The highest BCUT2D eigenvalue weighted by Crippen LogP contribution is 2.55. The van der Waals surface area contributed by atoms with Crippen molar-refractivity contribution in [2.45, 2.75) is 38.1 Å². The zero-order chi connectivity index (χ0) is 13.5. The predicted octanol–water partition coefficient (Wildman–Crippen LogP) is 4.04. The van der Waals surface area contributed by atoms with Crippen molar-refractivity contribution in [2.75, 3.05) is 0 Å². The lowest BCUT2D eigenvalue weighted by atomic mass is 9.82. The highest BCUT2D eigenvalue weighted by atomic mass is 14.7. The molecule has 1 fully saturated rings. The van der Waals surface area contributed by atoms with E-state index in [9.17, 15) is 0 Å². The predicted molar refractivity (Wildman–Crippen MR) is 80.2 cm³/mol. The van der Waals surface area contributed by atoms with Crippen molar-refractivity contribution in [2.24, 2.45) is 5.73 Å². The average molecular weight is 251 g/mol. The summed E-state index contributed by atoms with van der Waals surface area (Å²) in [6, 6.07) is 17.3. The molecule has 0 aliphatic heterocycles. The van der Waals surface area contributed by atoms with E-state index in [0.717, 1.165) is 0 Å². The van der Waals surface area contributed by atoms with Crippen LogP contribution in [0.1, 0.15) is 41.1 Å². The van der Waals surface area contributed by atoms with E-state index in [1.807, 2.05) is 0 Å². The maximum absolute atomic E-state index is 6.64. The Morgan fingerprint density at radius 2 is 1.63 bits per heavy atom. The summed E-state index contributed by atoms with van der Waals surface area (Å²) in [6.07, 6.45) is 2.40. The van der Waals surface area contributed by atoms with Crippen molar-refractivity contribution < 1.29 is 0 Å². The van der Waals surface area contributed by atoms with E-state index in [4.69, 9.17) is 5.73 Å². The minimum Gasteiger partial charge on any atom is -0.323 e. The number of nitrogens with two attached hydrogens (primary N) is 1. The summed E-state index contributed by atoms with van der Waals surface area (Å²) < 4.78 is 0. The topological polar surface area (TPSA) is 26.0 Å². The van der Waals surface area contributed by atoms with E-state index in [1.54, 1.807) is 0 Å². The van der Waals surface area contributed by atoms with Crippen LogP contribution in [-0.2, 0) is 5.41 Å². The summed E-state index contributed by atoms with van der Waals surface area (Å²) in [5, 5.41) is 0. The molecule has 0 spiro atoms. The summed E-state index contributed by atoms with van der Waals surface area (Å²) in [5.74, 6) is 0. The standard InChI is InChI=1S/C18H21N/c1-13-7-6-10-16(14(13)2)17(19)18(11-12-18)15-8-4-3-5-9-15/h3-10,17H,11-12,19H2,1-2H3. The van der Waals surface area contributed by atoms with E-state index in [2.05, 4.69) is 62.4 Å². The third kappa shape index (κ3) is 1.98. The monoisotopic (exact) mass is 251 g/mol. The molecule has 19 heavy (non-hydrogen) atoms. The molecule has 1 aliphatic rings. The fraction of sp³-hybridized carbons (Fsp3) is 0.333. The molecule has 1 unspecified atom stereocenters. The van der Waals surface area contributed by atoms with Crippen LogP contribution in [0, 0.1) is 13.8 Å². The van der Waals surface area contributed by atoms with Crippen LogP contribution >= 0.6 is 0 Å². The molecule has 0 radical (unpaired) electrons. The molecule has 0 heterocycles. The zero-order valence-electron chi connectivity index (χ0n) is 11.7. The van der Waals surface area contributed by atoms with E-state index < -0.39 is 0 Å². The number of rotatable bonds is 3. The first-order chi connectivity index (χ1) is 9.15. The summed E-state index contributed by atoms with van der Waals surface area (Å²) in [4.78, 5) is 0. The van der Waals surface area contributed by atoms with E-state index >= 15 is 0 Å². The molecular formula is C18H21N. The molecule has 1 atom stereocenters. The third-order valence-corrected chi connectivity index (χ3v) is 4.71. The van der Waals surface area contributed by atoms with Crippen LogP contribution in [0.5, 0.6) is 0 Å². The Balaban J connectivity index is 2.01. The lowest BCUT2D eigenvalue weighted by molar-refractivity contribution is 0.539. The highest BCUT2D eigenvalue weighted by Gasteiger charge is 2.49. The van der Waals surface area contributed by atoms with Crippen molar-refractivity contribution in [1.29, 1.82) is 0 Å². The fourth-order valence-electron chi connectivity index (χ4n) is 3.09. The lowest BCUT2D eigenvalue weighted by Gasteiger charge is -2.26. The van der Waals surface area contributed by atoms with E-state index in [1.165, 1.54) is 35.1 Å². The lowest BCUT2D eigenvalue weighted by Crippen LogP contribution is -2.27. The molecule has 2 aromatic rings. The van der Waals surface area contributed by atoms with Crippen molar-refractivity contribution in [3.05, 3.63) is 70.8 Å². The smallest absolute Gasteiger partial charge is 0.0395 e. The third-order valence-electron chi connectivity index (χ3n) is 4.71. The average Bonchev–Trinajstić information content (AvgIpc) is 3.24. The van der Waals surface area contributed by atoms with Gasteiger partial charge >= 0.3 is 0 Å². The van der Waals surface area contributed by atoms with Crippen LogP contribution < -0.4 is 5.73 Å². The summed E-state index contributed by atoms with van der Waals surface area (Å²) in [6.45, 7) is 4.35. The molecule has 98 valence electrons. The van der Waals surface area contributed by atoms with Gasteiger partial charge in [0, 0.05) is 11.5 Å². The van der Waals surface area contributed by atoms with Crippen LogP contribution in [0.15, 0.2) is 48.5 Å². The molecule has 3 rings (SSSR count). The molecule has 2 N–H and O–H groups in total. The Morgan fingerprint density at radius 3 is 2.26 bits per heavy atom. The Morgan fingerprint density at radius 1 is 0.947 bits per heavy atom. The second-order valence-electron chi connectivity index (χ2n) is 5.79. The Kier molecular flexibility index (Phi) is 2.94. The maximum atomic E-state index is 6.64. The van der Waals surface area contributed by atoms with E-state index in [0.29, 0.717) is 0 Å². The SMILES string of the molecule is Cc1cccc(C(N)C2(c3ccccc3)CC2)c1C. The van der Waals surface area contributed by atoms with Gasteiger partial charge in [0.2, 0.25) is 0 Å². The van der Waals surface area contributed by atoms with Crippen molar-refractivity contribution in [1.82, 2.24) is 0 Å². The first-order valence-corrected chi connectivity index (χ1v) is 7.02. The molecule has 0 amide bonds. The van der Waals surface area contributed by atoms with Crippen molar-refractivity contribution in [3.63, 3.8) is 0 Å². The molecule has 1 saturated carbocycles. The van der Waals surface area contributed by atoms with Crippen LogP contribution in [-0.4, -0.2) is 0 Å². The van der Waals surface area contributed by atoms with Gasteiger partial charge in [-0.05, 0) is 48.9 Å². The van der Waals surface area contributed by atoms with E-state index in [-0.39, 0.29) is 11.5 Å². The van der Waals surface area contributed by atoms with Crippen LogP contribution in [0.3, 0.4) is 0 Å². The van der Waals surface area contributed by atoms with Gasteiger partial charge in [-0.15, -0.1) is 0 Å². The van der Waals surface area contributed by atoms with Gasteiger partial charge in [0.25, 0.3) is 0 Å². The Hall–Kier alpha value is -1.60. The molecule has 1 nitrogen and oxygen atoms in total. The van der Waals surface area contributed by atoms with Crippen molar-refractivity contribution >= 4 is 0 Å². The molecule has 0 bridgehead atoms.